The molecule has 1 saturated heterocycles. The zero-order valence-corrected chi connectivity index (χ0v) is 12.3. The van der Waals surface area contributed by atoms with Gasteiger partial charge in [0, 0.05) is 29.0 Å². The summed E-state index contributed by atoms with van der Waals surface area (Å²) in [5.74, 6) is 3.04. The summed E-state index contributed by atoms with van der Waals surface area (Å²) in [6, 6.07) is 0. The highest BCUT2D eigenvalue weighted by Gasteiger charge is 2.29. The Morgan fingerprint density at radius 1 is 1.44 bits per heavy atom. The number of carbonyl (C=O) groups is 2. The SMILES string of the molecule is CC(C)(C)OC(=O)NCC(=O)N1CC(C#CBr)C1. The first-order valence-electron chi connectivity index (χ1n) is 5.67. The average Bonchev–Trinajstić information content (AvgIpc) is 2.17. The summed E-state index contributed by atoms with van der Waals surface area (Å²) in [6.07, 6.45) is -0.576. The fraction of sp³-hybridized carbons (Fsp3) is 0.667. The molecule has 0 unspecified atom stereocenters. The molecular weight excluding hydrogens is 300 g/mol. The predicted molar refractivity (Wildman–Crippen MR) is 71.0 cm³/mol. The zero-order chi connectivity index (χ0) is 13.8. The van der Waals surface area contributed by atoms with Crippen molar-refractivity contribution in [1.82, 2.24) is 10.2 Å². The summed E-state index contributed by atoms with van der Waals surface area (Å²) in [6.45, 7) is 6.51. The van der Waals surface area contributed by atoms with Crippen molar-refractivity contribution in [1.29, 1.82) is 0 Å². The smallest absolute Gasteiger partial charge is 0.408 e. The molecule has 0 saturated carbocycles. The largest absolute Gasteiger partial charge is 0.444 e. The fourth-order valence-corrected chi connectivity index (χ4v) is 1.75. The Kier molecular flexibility index (Phi) is 5.03. The first-order chi connectivity index (χ1) is 8.31. The summed E-state index contributed by atoms with van der Waals surface area (Å²) in [5, 5.41) is 2.44. The molecule has 1 aliphatic rings. The van der Waals surface area contributed by atoms with E-state index >= 15 is 0 Å². The first kappa shape index (κ1) is 14.8. The molecule has 100 valence electrons. The van der Waals surface area contributed by atoms with Crippen LogP contribution in [0.4, 0.5) is 4.79 Å². The van der Waals surface area contributed by atoms with Crippen LogP contribution in [0.2, 0.25) is 0 Å². The van der Waals surface area contributed by atoms with Gasteiger partial charge in [-0.25, -0.2) is 4.79 Å². The number of amides is 2. The molecule has 0 atom stereocenters. The molecule has 0 aromatic heterocycles. The van der Waals surface area contributed by atoms with Gasteiger partial charge in [0.05, 0.1) is 5.92 Å². The van der Waals surface area contributed by atoms with Crippen LogP contribution in [-0.2, 0) is 9.53 Å². The van der Waals surface area contributed by atoms with Crippen molar-refractivity contribution in [2.75, 3.05) is 19.6 Å². The first-order valence-corrected chi connectivity index (χ1v) is 6.47. The van der Waals surface area contributed by atoms with Gasteiger partial charge >= 0.3 is 6.09 Å². The van der Waals surface area contributed by atoms with Gasteiger partial charge in [-0.15, -0.1) is 0 Å². The molecule has 1 rings (SSSR count). The van der Waals surface area contributed by atoms with Gasteiger partial charge in [0.2, 0.25) is 5.91 Å². The average molecular weight is 317 g/mol. The molecule has 5 nitrogen and oxygen atoms in total. The second-order valence-corrected chi connectivity index (χ2v) is 5.49. The number of carbonyl (C=O) groups excluding carboxylic acids is 2. The second-order valence-electron chi connectivity index (χ2n) is 5.09. The standard InChI is InChI=1S/C12H17BrN2O3/c1-12(2,3)18-11(17)14-6-10(16)15-7-9(8-15)4-5-13/h9H,6-8H2,1-3H3,(H,14,17). The van der Waals surface area contributed by atoms with E-state index in [-0.39, 0.29) is 18.4 Å². The Morgan fingerprint density at radius 2 is 2.06 bits per heavy atom. The number of hydrogen-bond acceptors (Lipinski definition) is 3. The van der Waals surface area contributed by atoms with E-state index in [9.17, 15) is 9.59 Å². The lowest BCUT2D eigenvalue weighted by atomic mass is 10.0. The molecule has 0 radical (unpaired) electrons. The maximum atomic E-state index is 11.6. The molecule has 0 aromatic carbocycles. The van der Waals surface area contributed by atoms with Crippen LogP contribution in [0.25, 0.3) is 0 Å². The Morgan fingerprint density at radius 3 is 2.56 bits per heavy atom. The lowest BCUT2D eigenvalue weighted by Gasteiger charge is -2.36. The third-order valence-electron chi connectivity index (χ3n) is 2.28. The van der Waals surface area contributed by atoms with Crippen molar-refractivity contribution >= 4 is 27.9 Å². The lowest BCUT2D eigenvalue weighted by Crippen LogP contribution is -2.52. The number of likely N-dealkylation sites (tertiary alicyclic amines) is 1. The normalized spacial score (nSPS) is 15.2. The molecule has 0 bridgehead atoms. The fourth-order valence-electron chi connectivity index (χ4n) is 1.42. The zero-order valence-electron chi connectivity index (χ0n) is 10.7. The van der Waals surface area contributed by atoms with Crippen LogP contribution in [-0.4, -0.2) is 42.1 Å². The van der Waals surface area contributed by atoms with Crippen molar-refractivity contribution in [3.05, 3.63) is 0 Å². The molecule has 1 N–H and O–H groups in total. The summed E-state index contributed by atoms with van der Waals surface area (Å²) < 4.78 is 5.03. The Labute approximate surface area is 115 Å². The van der Waals surface area contributed by atoms with E-state index in [1.807, 2.05) is 0 Å². The monoisotopic (exact) mass is 316 g/mol. The quantitative estimate of drug-likeness (QED) is 0.782. The maximum absolute atomic E-state index is 11.6. The van der Waals surface area contributed by atoms with Gasteiger partial charge in [-0.1, -0.05) is 5.92 Å². The van der Waals surface area contributed by atoms with Crippen molar-refractivity contribution in [3.63, 3.8) is 0 Å². The third-order valence-corrected chi connectivity index (χ3v) is 2.50. The third kappa shape index (κ3) is 4.96. The molecule has 6 heteroatoms. The summed E-state index contributed by atoms with van der Waals surface area (Å²) >= 11 is 3.02. The minimum Gasteiger partial charge on any atom is -0.444 e. The van der Waals surface area contributed by atoms with Crippen LogP contribution in [0.5, 0.6) is 0 Å². The lowest BCUT2D eigenvalue weighted by molar-refractivity contribution is -0.135. The van der Waals surface area contributed by atoms with E-state index in [4.69, 9.17) is 4.74 Å². The number of hydrogen-bond donors (Lipinski definition) is 1. The van der Waals surface area contributed by atoms with Crippen LogP contribution in [0.3, 0.4) is 0 Å². The van der Waals surface area contributed by atoms with Crippen molar-refractivity contribution in [2.24, 2.45) is 5.92 Å². The van der Waals surface area contributed by atoms with Crippen LogP contribution in [0, 0.1) is 16.7 Å². The molecule has 1 heterocycles. The number of alkyl carbamates (subject to hydrolysis) is 1. The van der Waals surface area contributed by atoms with Crippen LogP contribution in [0.15, 0.2) is 0 Å². The maximum Gasteiger partial charge on any atom is 0.408 e. The van der Waals surface area contributed by atoms with E-state index in [2.05, 4.69) is 32.0 Å². The number of ether oxygens (including phenoxy) is 1. The molecule has 0 aromatic rings. The highest BCUT2D eigenvalue weighted by Crippen LogP contribution is 2.14. The molecule has 0 spiro atoms. The Bertz CT molecular complexity index is 386. The summed E-state index contributed by atoms with van der Waals surface area (Å²) in [7, 11) is 0. The molecule has 1 fully saturated rings. The van der Waals surface area contributed by atoms with Gasteiger partial charge < -0.3 is 15.0 Å². The van der Waals surface area contributed by atoms with Crippen LogP contribution in [0.1, 0.15) is 20.8 Å². The number of nitrogens with one attached hydrogen (secondary N) is 1. The van der Waals surface area contributed by atoms with E-state index in [0.29, 0.717) is 13.1 Å². The summed E-state index contributed by atoms with van der Waals surface area (Å²) in [4.78, 5) is 27.3. The molecule has 1 aliphatic heterocycles. The van der Waals surface area contributed by atoms with E-state index in [0.717, 1.165) is 0 Å². The van der Waals surface area contributed by atoms with E-state index < -0.39 is 11.7 Å². The summed E-state index contributed by atoms with van der Waals surface area (Å²) in [5.41, 5.74) is -0.555. The van der Waals surface area contributed by atoms with E-state index in [1.54, 1.807) is 25.7 Å². The molecular formula is C12H17BrN2O3. The van der Waals surface area contributed by atoms with Gasteiger partial charge in [-0.3, -0.25) is 4.79 Å². The number of rotatable bonds is 2. The van der Waals surface area contributed by atoms with Gasteiger partial charge in [0.15, 0.2) is 0 Å². The van der Waals surface area contributed by atoms with Crippen molar-refractivity contribution in [2.45, 2.75) is 26.4 Å². The minimum atomic E-state index is -0.576. The number of halogens is 1. The topological polar surface area (TPSA) is 58.6 Å². The minimum absolute atomic E-state index is 0.0383. The molecule has 0 aliphatic carbocycles. The van der Waals surface area contributed by atoms with Crippen LogP contribution < -0.4 is 5.32 Å². The van der Waals surface area contributed by atoms with Gasteiger partial charge in [0.1, 0.15) is 12.1 Å². The molecule has 18 heavy (non-hydrogen) atoms. The Hall–Kier alpha value is -1.22. The Balaban J connectivity index is 2.22. The van der Waals surface area contributed by atoms with Gasteiger partial charge in [0.25, 0.3) is 0 Å². The second kappa shape index (κ2) is 6.10. The van der Waals surface area contributed by atoms with Gasteiger partial charge in [-0.05, 0) is 25.6 Å². The van der Waals surface area contributed by atoms with Gasteiger partial charge in [-0.2, -0.15) is 0 Å². The predicted octanol–water partition coefficient (Wildman–Crippen LogP) is 1.33. The number of nitrogens with zero attached hydrogens (tertiary/aromatic N) is 1. The van der Waals surface area contributed by atoms with Crippen LogP contribution >= 0.6 is 15.9 Å². The van der Waals surface area contributed by atoms with Crippen molar-refractivity contribution < 1.29 is 14.3 Å². The van der Waals surface area contributed by atoms with Crippen molar-refractivity contribution in [3.8, 4) is 10.8 Å². The molecule has 2 amide bonds. The highest BCUT2D eigenvalue weighted by molar-refractivity contribution is 9.12. The van der Waals surface area contributed by atoms with E-state index in [1.165, 1.54) is 0 Å². The highest BCUT2D eigenvalue weighted by atomic mass is 79.9.